The third kappa shape index (κ3) is 4.02. The summed E-state index contributed by atoms with van der Waals surface area (Å²) < 4.78 is 5.03. The van der Waals surface area contributed by atoms with Gasteiger partial charge in [-0.25, -0.2) is 0 Å². The number of ether oxygens (including phenoxy) is 1. The summed E-state index contributed by atoms with van der Waals surface area (Å²) in [5.74, 6) is -1.78. The molecule has 0 radical (unpaired) electrons. The molecule has 1 atom stereocenters. The monoisotopic (exact) mass is 396 g/mol. The van der Waals surface area contributed by atoms with Crippen LogP contribution in [0.15, 0.2) is 60.2 Å². The van der Waals surface area contributed by atoms with Gasteiger partial charge in [0.25, 0.3) is 17.4 Å². The fourth-order valence-electron chi connectivity index (χ4n) is 3.37. The summed E-state index contributed by atoms with van der Waals surface area (Å²) >= 11 is 0. The van der Waals surface area contributed by atoms with Crippen LogP contribution >= 0.6 is 0 Å². The number of methoxy groups -OCH3 is 1. The van der Waals surface area contributed by atoms with Crippen LogP contribution < -0.4 is 0 Å². The molecule has 8 nitrogen and oxygen atoms in total. The third-order valence-corrected chi connectivity index (χ3v) is 4.75. The van der Waals surface area contributed by atoms with Crippen molar-refractivity contribution in [2.24, 2.45) is 0 Å². The minimum absolute atomic E-state index is 0.0348. The fraction of sp³-hybridized carbons (Fsp3) is 0.238. The van der Waals surface area contributed by atoms with Crippen molar-refractivity contribution in [1.29, 1.82) is 0 Å². The van der Waals surface area contributed by atoms with Crippen molar-refractivity contribution in [2.75, 3.05) is 20.3 Å². The van der Waals surface area contributed by atoms with Gasteiger partial charge in [0, 0.05) is 38.0 Å². The molecule has 1 amide bonds. The molecule has 0 saturated carbocycles. The first-order valence-electron chi connectivity index (χ1n) is 9.02. The van der Waals surface area contributed by atoms with Crippen molar-refractivity contribution >= 4 is 23.1 Å². The van der Waals surface area contributed by atoms with E-state index in [-0.39, 0.29) is 23.6 Å². The number of aliphatic hydroxyl groups is 1. The van der Waals surface area contributed by atoms with Gasteiger partial charge in [-0.15, -0.1) is 0 Å². The number of Topliss-reactive ketones (excluding diaryl/α,β-unsaturated/α-hetero) is 1. The molecule has 1 fully saturated rings. The Morgan fingerprint density at radius 2 is 1.79 bits per heavy atom. The van der Waals surface area contributed by atoms with Crippen LogP contribution in [0.3, 0.4) is 0 Å². The van der Waals surface area contributed by atoms with Crippen LogP contribution in [0.5, 0.6) is 0 Å². The number of benzene rings is 2. The molecule has 3 rings (SSSR count). The minimum Gasteiger partial charge on any atom is -0.507 e. The van der Waals surface area contributed by atoms with Gasteiger partial charge >= 0.3 is 0 Å². The molecule has 2 aromatic carbocycles. The number of hydrogen-bond donors (Lipinski definition) is 1. The highest BCUT2D eigenvalue weighted by molar-refractivity contribution is 6.46. The Kier molecular flexibility index (Phi) is 6.04. The smallest absolute Gasteiger partial charge is 0.295 e. The zero-order chi connectivity index (χ0) is 21.0. The van der Waals surface area contributed by atoms with Crippen LogP contribution in [0.1, 0.15) is 23.6 Å². The third-order valence-electron chi connectivity index (χ3n) is 4.75. The predicted octanol–water partition coefficient (Wildman–Crippen LogP) is 3.05. The van der Waals surface area contributed by atoms with Crippen molar-refractivity contribution in [2.45, 2.75) is 12.5 Å². The molecule has 1 aliphatic rings. The van der Waals surface area contributed by atoms with E-state index in [1.807, 2.05) is 0 Å². The standard InChI is InChI=1S/C21H20N2O6/c1-29-13-5-12-22-18(14-8-10-16(11-9-14)23(27)28)17(20(25)21(22)26)19(24)15-6-3-2-4-7-15/h2-4,6-11,18,24H,5,12-13H2,1H3/b19-17+/t18-/m1/s1. The minimum atomic E-state index is -0.840. The molecule has 29 heavy (non-hydrogen) atoms. The Bertz CT molecular complexity index is 953. The number of rotatable bonds is 7. The van der Waals surface area contributed by atoms with Crippen molar-refractivity contribution in [3.05, 3.63) is 81.4 Å². The van der Waals surface area contributed by atoms with Crippen molar-refractivity contribution < 1.29 is 24.4 Å². The number of carbonyl (C=O) groups is 2. The second-order valence-corrected chi connectivity index (χ2v) is 6.55. The Labute approximate surface area is 167 Å². The SMILES string of the molecule is COCCCN1C(=O)C(=O)/C(=C(/O)c2ccccc2)[C@H]1c1ccc([N+](=O)[O-])cc1. The number of likely N-dealkylation sites (tertiary alicyclic amines) is 1. The first kappa shape index (κ1) is 20.2. The van der Waals surface area contributed by atoms with Crippen molar-refractivity contribution in [3.63, 3.8) is 0 Å². The molecule has 1 N–H and O–H groups in total. The topological polar surface area (TPSA) is 110 Å². The maximum absolute atomic E-state index is 12.8. The maximum atomic E-state index is 12.8. The lowest BCUT2D eigenvalue weighted by atomic mass is 9.95. The zero-order valence-corrected chi connectivity index (χ0v) is 15.8. The van der Waals surface area contributed by atoms with E-state index in [0.29, 0.717) is 24.2 Å². The number of hydrogen-bond acceptors (Lipinski definition) is 6. The number of nitro benzene ring substituents is 1. The van der Waals surface area contributed by atoms with Gasteiger partial charge in [-0.2, -0.15) is 0 Å². The Hall–Kier alpha value is -3.52. The molecule has 2 aromatic rings. The number of nitro groups is 1. The van der Waals surface area contributed by atoms with Gasteiger partial charge in [0.1, 0.15) is 5.76 Å². The van der Waals surface area contributed by atoms with Gasteiger partial charge in [0.2, 0.25) is 0 Å². The highest BCUT2D eigenvalue weighted by Crippen LogP contribution is 2.39. The van der Waals surface area contributed by atoms with Crippen molar-refractivity contribution in [3.8, 4) is 0 Å². The summed E-state index contributed by atoms with van der Waals surface area (Å²) in [7, 11) is 1.54. The first-order valence-corrected chi connectivity index (χ1v) is 9.02. The van der Waals surface area contributed by atoms with Crippen LogP contribution in [0.2, 0.25) is 0 Å². The maximum Gasteiger partial charge on any atom is 0.295 e. The van der Waals surface area contributed by atoms with E-state index in [4.69, 9.17) is 4.74 Å². The van der Waals surface area contributed by atoms with Gasteiger partial charge < -0.3 is 14.7 Å². The van der Waals surface area contributed by atoms with Crippen LogP contribution in [-0.2, 0) is 14.3 Å². The molecule has 0 unspecified atom stereocenters. The molecule has 0 aromatic heterocycles. The summed E-state index contributed by atoms with van der Waals surface area (Å²) in [6.07, 6.45) is 0.498. The summed E-state index contributed by atoms with van der Waals surface area (Å²) in [5, 5.41) is 21.8. The lowest BCUT2D eigenvalue weighted by Crippen LogP contribution is -2.31. The highest BCUT2D eigenvalue weighted by Gasteiger charge is 2.45. The molecule has 150 valence electrons. The summed E-state index contributed by atoms with van der Waals surface area (Å²) in [4.78, 5) is 37.3. The van der Waals surface area contributed by atoms with Gasteiger partial charge in [-0.1, -0.05) is 30.3 Å². The van der Waals surface area contributed by atoms with Crippen LogP contribution in [0.25, 0.3) is 5.76 Å². The van der Waals surface area contributed by atoms with Gasteiger partial charge in [-0.3, -0.25) is 19.7 Å². The van der Waals surface area contributed by atoms with E-state index in [1.54, 1.807) is 30.3 Å². The highest BCUT2D eigenvalue weighted by atomic mass is 16.6. The lowest BCUT2D eigenvalue weighted by molar-refractivity contribution is -0.384. The molecule has 1 aliphatic heterocycles. The van der Waals surface area contributed by atoms with Gasteiger partial charge in [0.05, 0.1) is 16.5 Å². The van der Waals surface area contributed by atoms with E-state index in [2.05, 4.69) is 0 Å². The van der Waals surface area contributed by atoms with E-state index in [0.717, 1.165) is 0 Å². The van der Waals surface area contributed by atoms with E-state index < -0.39 is 22.7 Å². The molecule has 0 aliphatic carbocycles. The summed E-state index contributed by atoms with van der Waals surface area (Å²) in [6, 6.07) is 13.3. The average Bonchev–Trinajstić information content (AvgIpc) is 2.99. The van der Waals surface area contributed by atoms with Gasteiger partial charge in [-0.05, 0) is 24.1 Å². The number of amides is 1. The second kappa shape index (κ2) is 8.66. The van der Waals surface area contributed by atoms with Crippen LogP contribution in [0, 0.1) is 10.1 Å². The second-order valence-electron chi connectivity index (χ2n) is 6.55. The fourth-order valence-corrected chi connectivity index (χ4v) is 3.37. The molecule has 0 bridgehead atoms. The molecular weight excluding hydrogens is 376 g/mol. The quantitative estimate of drug-likeness (QED) is 0.192. The van der Waals surface area contributed by atoms with E-state index in [1.165, 1.54) is 36.3 Å². The Balaban J connectivity index is 2.10. The summed E-state index contributed by atoms with van der Waals surface area (Å²) in [5.41, 5.74) is 0.777. The predicted molar refractivity (Wildman–Crippen MR) is 105 cm³/mol. The molecular formula is C21H20N2O6. The zero-order valence-electron chi connectivity index (χ0n) is 15.8. The molecule has 1 saturated heterocycles. The van der Waals surface area contributed by atoms with E-state index in [9.17, 15) is 24.8 Å². The number of carbonyl (C=O) groups excluding carboxylic acids is 2. The molecule has 0 spiro atoms. The molecule has 8 heteroatoms. The number of non-ortho nitro benzene ring substituents is 1. The summed E-state index contributed by atoms with van der Waals surface area (Å²) in [6.45, 7) is 0.639. The Morgan fingerprint density at radius 3 is 2.38 bits per heavy atom. The first-order chi connectivity index (χ1) is 14.0. The van der Waals surface area contributed by atoms with Crippen LogP contribution in [0.4, 0.5) is 5.69 Å². The van der Waals surface area contributed by atoms with Gasteiger partial charge in [0.15, 0.2) is 0 Å². The normalized spacial score (nSPS) is 18.2. The number of ketones is 1. The van der Waals surface area contributed by atoms with E-state index >= 15 is 0 Å². The average molecular weight is 396 g/mol. The molecule has 1 heterocycles. The number of aliphatic hydroxyl groups excluding tert-OH is 1. The van der Waals surface area contributed by atoms with Crippen LogP contribution in [-0.4, -0.2) is 46.9 Å². The number of nitrogens with zero attached hydrogens (tertiary/aromatic N) is 2. The largest absolute Gasteiger partial charge is 0.507 e. The Morgan fingerprint density at radius 1 is 1.14 bits per heavy atom. The lowest BCUT2D eigenvalue weighted by Gasteiger charge is -2.25. The van der Waals surface area contributed by atoms with Crippen molar-refractivity contribution in [1.82, 2.24) is 4.90 Å².